The molecule has 0 saturated carbocycles. The van der Waals surface area contributed by atoms with E-state index in [-0.39, 0.29) is 5.91 Å². The summed E-state index contributed by atoms with van der Waals surface area (Å²) in [5.74, 6) is -0.149. The van der Waals surface area contributed by atoms with Crippen LogP contribution < -0.4 is 10.2 Å². The van der Waals surface area contributed by atoms with E-state index in [0.29, 0.717) is 17.2 Å². The van der Waals surface area contributed by atoms with Gasteiger partial charge in [-0.25, -0.2) is 0 Å². The van der Waals surface area contributed by atoms with Gasteiger partial charge >= 0.3 is 0 Å². The number of piperazine rings is 1. The minimum Gasteiger partial charge on any atom is -0.380 e. The highest BCUT2D eigenvalue weighted by molar-refractivity contribution is 6.31. The normalized spacial score (nSPS) is 15.0. The predicted molar refractivity (Wildman–Crippen MR) is 111 cm³/mol. The summed E-state index contributed by atoms with van der Waals surface area (Å²) in [6.07, 6.45) is 0. The van der Waals surface area contributed by atoms with Crippen LogP contribution in [0.25, 0.3) is 0 Å². The van der Waals surface area contributed by atoms with Crippen LogP contribution in [0.4, 0.5) is 11.4 Å². The number of carbonyl (C=O) groups is 1. The van der Waals surface area contributed by atoms with Gasteiger partial charge < -0.3 is 19.9 Å². The van der Waals surface area contributed by atoms with Gasteiger partial charge in [0.15, 0.2) is 0 Å². The van der Waals surface area contributed by atoms with Crippen molar-refractivity contribution in [2.24, 2.45) is 0 Å². The maximum Gasteiger partial charge on any atom is 0.255 e. The lowest BCUT2D eigenvalue weighted by Crippen LogP contribution is -2.46. The van der Waals surface area contributed by atoms with Crippen LogP contribution in [-0.4, -0.2) is 50.6 Å². The van der Waals surface area contributed by atoms with Crippen molar-refractivity contribution in [3.63, 3.8) is 0 Å². The van der Waals surface area contributed by atoms with E-state index >= 15 is 0 Å². The largest absolute Gasteiger partial charge is 0.380 e. The Kier molecular flexibility index (Phi) is 6.72. The number of ether oxygens (including phenoxy) is 1. The van der Waals surface area contributed by atoms with Crippen molar-refractivity contribution < 1.29 is 9.53 Å². The summed E-state index contributed by atoms with van der Waals surface area (Å²) in [5, 5.41) is 3.65. The SMILES string of the molecule is CCN1CCN(c2ccc(Cl)cc2NC(=O)c2cccc(COC)c2)CC1. The number of carbonyl (C=O) groups excluding carboxylic acids is 1. The highest BCUT2D eigenvalue weighted by Gasteiger charge is 2.19. The first-order valence-corrected chi connectivity index (χ1v) is 9.64. The van der Waals surface area contributed by atoms with Crippen LogP contribution in [0.2, 0.25) is 5.02 Å². The van der Waals surface area contributed by atoms with Crippen molar-refractivity contribution in [1.29, 1.82) is 0 Å². The third kappa shape index (κ3) is 5.01. The predicted octanol–water partition coefficient (Wildman–Crippen LogP) is 3.88. The van der Waals surface area contributed by atoms with Crippen LogP contribution in [0.15, 0.2) is 42.5 Å². The molecule has 0 aromatic heterocycles. The number of methoxy groups -OCH3 is 1. The van der Waals surface area contributed by atoms with Crippen molar-refractivity contribution in [1.82, 2.24) is 4.90 Å². The minimum atomic E-state index is -0.149. The molecule has 0 bridgehead atoms. The number of nitrogens with zero attached hydrogens (tertiary/aromatic N) is 2. The second kappa shape index (κ2) is 9.22. The molecule has 1 N–H and O–H groups in total. The summed E-state index contributed by atoms with van der Waals surface area (Å²) >= 11 is 6.20. The van der Waals surface area contributed by atoms with Crippen LogP contribution in [-0.2, 0) is 11.3 Å². The molecule has 144 valence electrons. The molecular weight excluding hydrogens is 362 g/mol. The third-order valence-corrected chi connectivity index (χ3v) is 5.10. The second-order valence-corrected chi connectivity index (χ2v) is 7.11. The number of halogens is 1. The highest BCUT2D eigenvalue weighted by Crippen LogP contribution is 2.30. The van der Waals surface area contributed by atoms with Crippen LogP contribution in [0.3, 0.4) is 0 Å². The lowest BCUT2D eigenvalue weighted by molar-refractivity contribution is 0.102. The molecule has 2 aromatic rings. The minimum absolute atomic E-state index is 0.149. The monoisotopic (exact) mass is 387 g/mol. The Morgan fingerprint density at radius 1 is 1.15 bits per heavy atom. The molecule has 5 nitrogen and oxygen atoms in total. The molecule has 1 amide bonds. The van der Waals surface area contributed by atoms with Gasteiger partial charge in [-0.05, 0) is 42.4 Å². The first-order valence-electron chi connectivity index (χ1n) is 9.26. The molecule has 2 aromatic carbocycles. The molecule has 0 unspecified atom stereocenters. The van der Waals surface area contributed by atoms with Crippen molar-refractivity contribution in [3.05, 3.63) is 58.6 Å². The van der Waals surface area contributed by atoms with Crippen LogP contribution in [0, 0.1) is 0 Å². The van der Waals surface area contributed by atoms with Crippen molar-refractivity contribution in [2.75, 3.05) is 50.1 Å². The van der Waals surface area contributed by atoms with E-state index in [2.05, 4.69) is 22.0 Å². The molecule has 27 heavy (non-hydrogen) atoms. The molecule has 0 atom stereocenters. The van der Waals surface area contributed by atoms with E-state index in [1.807, 2.05) is 36.4 Å². The topological polar surface area (TPSA) is 44.8 Å². The fourth-order valence-electron chi connectivity index (χ4n) is 3.35. The van der Waals surface area contributed by atoms with Gasteiger partial charge in [-0.2, -0.15) is 0 Å². The zero-order valence-corrected chi connectivity index (χ0v) is 16.6. The Morgan fingerprint density at radius 2 is 1.93 bits per heavy atom. The quantitative estimate of drug-likeness (QED) is 0.817. The van der Waals surface area contributed by atoms with Gasteiger partial charge in [-0.1, -0.05) is 30.7 Å². The summed E-state index contributed by atoms with van der Waals surface area (Å²) < 4.78 is 5.15. The zero-order chi connectivity index (χ0) is 19.2. The van der Waals surface area contributed by atoms with Crippen molar-refractivity contribution in [2.45, 2.75) is 13.5 Å². The van der Waals surface area contributed by atoms with E-state index in [4.69, 9.17) is 16.3 Å². The number of hydrogen-bond donors (Lipinski definition) is 1. The average Bonchev–Trinajstić information content (AvgIpc) is 2.69. The number of nitrogens with one attached hydrogen (secondary N) is 1. The number of hydrogen-bond acceptors (Lipinski definition) is 4. The second-order valence-electron chi connectivity index (χ2n) is 6.67. The number of benzene rings is 2. The first kappa shape index (κ1) is 19.7. The van der Waals surface area contributed by atoms with Crippen LogP contribution in [0.5, 0.6) is 0 Å². The van der Waals surface area contributed by atoms with Gasteiger partial charge in [-0.15, -0.1) is 0 Å². The lowest BCUT2D eigenvalue weighted by atomic mass is 10.1. The van der Waals surface area contributed by atoms with E-state index in [9.17, 15) is 4.79 Å². The smallest absolute Gasteiger partial charge is 0.255 e. The molecule has 3 rings (SSSR count). The van der Waals surface area contributed by atoms with E-state index in [0.717, 1.165) is 49.7 Å². The standard InChI is InChI=1S/C21H26ClN3O2/c1-3-24-9-11-25(12-10-24)20-8-7-18(22)14-19(20)23-21(26)17-6-4-5-16(13-17)15-27-2/h4-8,13-14H,3,9-12,15H2,1-2H3,(H,23,26). The molecule has 1 fully saturated rings. The van der Waals surface area contributed by atoms with Crippen molar-refractivity contribution in [3.8, 4) is 0 Å². The van der Waals surface area contributed by atoms with Gasteiger partial charge in [0.2, 0.25) is 0 Å². The van der Waals surface area contributed by atoms with Crippen molar-refractivity contribution >= 4 is 28.9 Å². The maximum atomic E-state index is 12.8. The summed E-state index contributed by atoms with van der Waals surface area (Å²) in [5.41, 5.74) is 3.32. The first-order chi connectivity index (χ1) is 13.1. The summed E-state index contributed by atoms with van der Waals surface area (Å²) in [6.45, 7) is 7.63. The highest BCUT2D eigenvalue weighted by atomic mass is 35.5. The Labute approximate surface area is 165 Å². The van der Waals surface area contributed by atoms with Gasteiger partial charge in [-0.3, -0.25) is 4.79 Å². The molecule has 0 radical (unpaired) electrons. The average molecular weight is 388 g/mol. The Morgan fingerprint density at radius 3 is 2.63 bits per heavy atom. The number of likely N-dealkylation sites (N-methyl/N-ethyl adjacent to an activating group) is 1. The molecule has 6 heteroatoms. The number of amides is 1. The summed E-state index contributed by atoms with van der Waals surface area (Å²) in [6, 6.07) is 13.1. The molecule has 1 aliphatic rings. The van der Waals surface area contributed by atoms with Gasteiger partial charge in [0.1, 0.15) is 0 Å². The van der Waals surface area contributed by atoms with Gasteiger partial charge in [0.05, 0.1) is 18.0 Å². The molecule has 1 aliphatic heterocycles. The van der Waals surface area contributed by atoms with E-state index in [1.165, 1.54) is 0 Å². The van der Waals surface area contributed by atoms with E-state index in [1.54, 1.807) is 13.2 Å². The molecular formula is C21H26ClN3O2. The van der Waals surface area contributed by atoms with Gasteiger partial charge in [0, 0.05) is 43.9 Å². The fourth-order valence-corrected chi connectivity index (χ4v) is 3.52. The molecule has 1 heterocycles. The summed E-state index contributed by atoms with van der Waals surface area (Å²) in [4.78, 5) is 17.5. The molecule has 0 spiro atoms. The third-order valence-electron chi connectivity index (χ3n) is 4.87. The zero-order valence-electron chi connectivity index (χ0n) is 15.9. The number of rotatable bonds is 6. The summed E-state index contributed by atoms with van der Waals surface area (Å²) in [7, 11) is 1.64. The maximum absolute atomic E-state index is 12.8. The number of anilines is 2. The lowest BCUT2D eigenvalue weighted by Gasteiger charge is -2.36. The molecule has 1 saturated heterocycles. The van der Waals surface area contributed by atoms with E-state index < -0.39 is 0 Å². The Hall–Kier alpha value is -2.08. The Balaban J connectivity index is 1.79. The Bertz CT molecular complexity index is 789. The van der Waals surface area contributed by atoms with Gasteiger partial charge in [0.25, 0.3) is 5.91 Å². The fraction of sp³-hybridized carbons (Fsp3) is 0.381. The van der Waals surface area contributed by atoms with Crippen LogP contribution >= 0.6 is 11.6 Å². The van der Waals surface area contributed by atoms with Crippen LogP contribution in [0.1, 0.15) is 22.8 Å². The molecule has 0 aliphatic carbocycles.